The summed E-state index contributed by atoms with van der Waals surface area (Å²) >= 11 is 18.6. The Balaban J connectivity index is 1.73. The highest BCUT2D eigenvalue weighted by molar-refractivity contribution is 6.35. The molecule has 0 saturated carbocycles. The van der Waals surface area contributed by atoms with Crippen molar-refractivity contribution < 1.29 is 9.53 Å². The maximum atomic E-state index is 13.1. The third-order valence-corrected chi connectivity index (χ3v) is 6.01. The average molecular weight is 452 g/mol. The van der Waals surface area contributed by atoms with E-state index in [1.165, 1.54) is 6.33 Å². The molecule has 0 aliphatic carbocycles. The van der Waals surface area contributed by atoms with Crippen molar-refractivity contribution >= 4 is 40.7 Å². The van der Waals surface area contributed by atoms with Gasteiger partial charge < -0.3 is 9.64 Å². The van der Waals surface area contributed by atoms with Gasteiger partial charge in [-0.15, -0.1) is 0 Å². The molecule has 9 heteroatoms. The summed E-state index contributed by atoms with van der Waals surface area (Å²) in [6.07, 6.45) is 3.05. The number of aromatic nitrogens is 3. The molecule has 1 aliphatic rings. The first-order valence-corrected chi connectivity index (χ1v) is 10.0. The van der Waals surface area contributed by atoms with Crippen molar-refractivity contribution in [3.05, 3.63) is 81.3 Å². The number of hydrogen-bond donors (Lipinski definition) is 0. The van der Waals surface area contributed by atoms with Gasteiger partial charge in [-0.05, 0) is 43.3 Å². The Labute approximate surface area is 183 Å². The lowest BCUT2D eigenvalue weighted by atomic mass is 9.86. The monoisotopic (exact) mass is 450 g/mol. The molecule has 2 aromatic carbocycles. The van der Waals surface area contributed by atoms with Crippen LogP contribution in [0.1, 0.15) is 22.8 Å². The number of hydrogen-bond acceptors (Lipinski definition) is 4. The van der Waals surface area contributed by atoms with Crippen LogP contribution in [0.15, 0.2) is 55.1 Å². The molecule has 0 N–H and O–H groups in total. The van der Waals surface area contributed by atoms with Gasteiger partial charge in [0.2, 0.25) is 0 Å². The molecule has 6 nitrogen and oxygen atoms in total. The molecule has 4 rings (SSSR count). The normalized spacial score (nSPS) is 21.5. The van der Waals surface area contributed by atoms with E-state index in [9.17, 15) is 4.79 Å². The van der Waals surface area contributed by atoms with Gasteiger partial charge in [-0.1, -0.05) is 40.9 Å². The van der Waals surface area contributed by atoms with Crippen molar-refractivity contribution in [3.8, 4) is 0 Å². The summed E-state index contributed by atoms with van der Waals surface area (Å²) in [4.78, 5) is 18.8. The minimum absolute atomic E-state index is 0.107. The van der Waals surface area contributed by atoms with E-state index in [2.05, 4.69) is 10.1 Å². The molecule has 1 aromatic heterocycles. The zero-order chi connectivity index (χ0) is 20.6. The second kappa shape index (κ2) is 7.95. The van der Waals surface area contributed by atoms with Gasteiger partial charge >= 0.3 is 0 Å². The van der Waals surface area contributed by atoms with Crippen molar-refractivity contribution in [2.24, 2.45) is 0 Å². The summed E-state index contributed by atoms with van der Waals surface area (Å²) in [6, 6.07) is 11.7. The minimum Gasteiger partial charge on any atom is -0.346 e. The topological polar surface area (TPSA) is 60.2 Å². The first-order valence-electron chi connectivity index (χ1n) is 8.89. The molecule has 2 heterocycles. The van der Waals surface area contributed by atoms with Gasteiger partial charge in [0.1, 0.15) is 25.0 Å². The van der Waals surface area contributed by atoms with Gasteiger partial charge in [-0.3, -0.25) is 4.79 Å². The van der Waals surface area contributed by atoms with Crippen molar-refractivity contribution in [1.82, 2.24) is 19.7 Å². The third kappa shape index (κ3) is 3.73. The number of benzene rings is 2. The maximum absolute atomic E-state index is 13.1. The molecule has 2 atom stereocenters. The summed E-state index contributed by atoms with van der Waals surface area (Å²) in [5.41, 5.74) is 0.346. The minimum atomic E-state index is -0.919. The van der Waals surface area contributed by atoms with E-state index < -0.39 is 5.60 Å². The van der Waals surface area contributed by atoms with Gasteiger partial charge in [-0.2, -0.15) is 5.10 Å². The highest BCUT2D eigenvalue weighted by Crippen LogP contribution is 2.43. The molecular formula is C20H17Cl3N4O2. The molecule has 1 unspecified atom stereocenters. The van der Waals surface area contributed by atoms with E-state index in [4.69, 9.17) is 39.5 Å². The van der Waals surface area contributed by atoms with Crippen LogP contribution in [0.4, 0.5) is 0 Å². The smallest absolute Gasteiger partial charge is 0.256 e. The molecule has 29 heavy (non-hydrogen) atoms. The van der Waals surface area contributed by atoms with E-state index in [0.29, 0.717) is 27.2 Å². The van der Waals surface area contributed by atoms with Crippen LogP contribution >= 0.6 is 34.8 Å². The Hall–Kier alpha value is -2.12. The molecule has 1 fully saturated rings. The van der Waals surface area contributed by atoms with Crippen LogP contribution in [0.25, 0.3) is 0 Å². The molecule has 3 aromatic rings. The standard InChI is InChI=1S/C20H17Cl3N4O2/c1-13-20(9-26-11-24-10-25-26,17-7-6-16(22)8-18(17)23)29-12-27(13)19(28)14-2-4-15(21)5-3-14/h2-8,10-11,13H,9,12H2,1H3/t13?,20-/m1/s1. The van der Waals surface area contributed by atoms with Crippen LogP contribution in [-0.4, -0.2) is 38.3 Å². The van der Waals surface area contributed by atoms with Crippen LogP contribution < -0.4 is 0 Å². The van der Waals surface area contributed by atoms with Crippen LogP contribution in [0.2, 0.25) is 15.1 Å². The molecular weight excluding hydrogens is 435 g/mol. The lowest BCUT2D eigenvalue weighted by Crippen LogP contribution is -2.46. The van der Waals surface area contributed by atoms with E-state index in [1.807, 2.05) is 13.0 Å². The predicted molar refractivity (Wildman–Crippen MR) is 111 cm³/mol. The van der Waals surface area contributed by atoms with Crippen molar-refractivity contribution in [3.63, 3.8) is 0 Å². The predicted octanol–water partition coefficient (Wildman–Crippen LogP) is 4.65. The zero-order valence-corrected chi connectivity index (χ0v) is 17.7. The Bertz CT molecular complexity index is 1030. The van der Waals surface area contributed by atoms with Gasteiger partial charge in [0.05, 0.1) is 12.6 Å². The van der Waals surface area contributed by atoms with Crippen molar-refractivity contribution in [1.29, 1.82) is 0 Å². The second-order valence-electron chi connectivity index (χ2n) is 6.84. The summed E-state index contributed by atoms with van der Waals surface area (Å²) in [5.74, 6) is -0.153. The zero-order valence-electron chi connectivity index (χ0n) is 15.4. The number of nitrogens with zero attached hydrogens (tertiary/aromatic N) is 4. The third-order valence-electron chi connectivity index (χ3n) is 5.21. The number of carbonyl (C=O) groups is 1. The van der Waals surface area contributed by atoms with Crippen molar-refractivity contribution in [2.75, 3.05) is 6.73 Å². The number of ether oxygens (including phenoxy) is 1. The molecule has 0 bridgehead atoms. The highest BCUT2D eigenvalue weighted by Gasteiger charge is 2.51. The summed E-state index contributed by atoms with van der Waals surface area (Å²) in [5, 5.41) is 5.76. The van der Waals surface area contributed by atoms with Crippen LogP contribution in [0.3, 0.4) is 0 Å². The van der Waals surface area contributed by atoms with Crippen LogP contribution in [0.5, 0.6) is 0 Å². The van der Waals surface area contributed by atoms with E-state index >= 15 is 0 Å². The maximum Gasteiger partial charge on any atom is 0.256 e. The van der Waals surface area contributed by atoms with Gasteiger partial charge in [0.25, 0.3) is 5.91 Å². The fraction of sp³-hybridized carbons (Fsp3) is 0.250. The van der Waals surface area contributed by atoms with Gasteiger partial charge in [0.15, 0.2) is 0 Å². The van der Waals surface area contributed by atoms with E-state index in [-0.39, 0.29) is 18.7 Å². The molecule has 1 amide bonds. The fourth-order valence-electron chi connectivity index (χ4n) is 3.62. The molecule has 1 saturated heterocycles. The fourth-order valence-corrected chi connectivity index (χ4v) is 4.31. The highest BCUT2D eigenvalue weighted by atomic mass is 35.5. The molecule has 150 valence electrons. The lowest BCUT2D eigenvalue weighted by molar-refractivity contribution is -0.0247. The Kier molecular flexibility index (Phi) is 5.53. The molecule has 1 aliphatic heterocycles. The quantitative estimate of drug-likeness (QED) is 0.579. The largest absolute Gasteiger partial charge is 0.346 e. The first kappa shape index (κ1) is 20.2. The summed E-state index contributed by atoms with van der Waals surface area (Å²) in [7, 11) is 0. The Morgan fingerprint density at radius 2 is 1.90 bits per heavy atom. The van der Waals surface area contributed by atoms with Gasteiger partial charge in [0, 0.05) is 26.2 Å². The summed E-state index contributed by atoms with van der Waals surface area (Å²) < 4.78 is 7.94. The Morgan fingerprint density at radius 3 is 2.55 bits per heavy atom. The van der Waals surface area contributed by atoms with E-state index in [1.54, 1.807) is 52.3 Å². The van der Waals surface area contributed by atoms with Crippen molar-refractivity contribution in [2.45, 2.75) is 25.1 Å². The summed E-state index contributed by atoms with van der Waals surface area (Å²) in [6.45, 7) is 2.37. The number of halogens is 3. The first-order chi connectivity index (χ1) is 13.9. The van der Waals surface area contributed by atoms with Gasteiger partial charge in [-0.25, -0.2) is 9.67 Å². The number of carbonyl (C=O) groups excluding carboxylic acids is 1. The number of rotatable bonds is 4. The van der Waals surface area contributed by atoms with Crippen LogP contribution in [-0.2, 0) is 16.9 Å². The SMILES string of the molecule is CC1N(C(=O)c2ccc(Cl)cc2)CO[C@@]1(Cn1cncn1)c1ccc(Cl)cc1Cl. The molecule has 0 radical (unpaired) electrons. The average Bonchev–Trinajstić information content (AvgIpc) is 3.31. The Morgan fingerprint density at radius 1 is 1.17 bits per heavy atom. The number of amides is 1. The second-order valence-corrected chi connectivity index (χ2v) is 8.12. The van der Waals surface area contributed by atoms with Crippen LogP contribution in [0, 0.1) is 0 Å². The lowest BCUT2D eigenvalue weighted by Gasteiger charge is -2.34. The van der Waals surface area contributed by atoms with E-state index in [0.717, 1.165) is 5.56 Å². The molecule has 0 spiro atoms.